The van der Waals surface area contributed by atoms with E-state index < -0.39 is 0 Å². The van der Waals surface area contributed by atoms with Crippen molar-refractivity contribution in [3.8, 4) is 0 Å². The minimum Gasteiger partial charge on any atom is -0.382 e. The summed E-state index contributed by atoms with van der Waals surface area (Å²) in [5, 5.41) is 0. The van der Waals surface area contributed by atoms with Gasteiger partial charge in [0.1, 0.15) is 5.82 Å². The molecular formula is C15H21FN2O2S. The van der Waals surface area contributed by atoms with E-state index >= 15 is 0 Å². The highest BCUT2D eigenvalue weighted by Crippen LogP contribution is 2.19. The SMILES string of the molecule is COCCOCCCCn1c(=S)[nH]c2cc(F)c(C)cc21. The maximum absolute atomic E-state index is 13.6. The average Bonchev–Trinajstić information content (AvgIpc) is 2.74. The molecule has 0 radical (unpaired) electrons. The van der Waals surface area contributed by atoms with Crippen molar-refractivity contribution in [3.05, 3.63) is 28.3 Å². The summed E-state index contributed by atoms with van der Waals surface area (Å²) in [7, 11) is 1.66. The zero-order chi connectivity index (χ0) is 15.2. The highest BCUT2D eigenvalue weighted by molar-refractivity contribution is 7.71. The summed E-state index contributed by atoms with van der Waals surface area (Å²) in [4.78, 5) is 3.05. The number of hydrogen-bond donors (Lipinski definition) is 1. The molecule has 0 atom stereocenters. The van der Waals surface area contributed by atoms with E-state index in [2.05, 4.69) is 4.98 Å². The molecule has 1 heterocycles. The molecule has 6 heteroatoms. The van der Waals surface area contributed by atoms with Crippen LogP contribution in [0.15, 0.2) is 12.1 Å². The molecule has 0 saturated heterocycles. The molecule has 4 nitrogen and oxygen atoms in total. The Hall–Kier alpha value is -1.24. The van der Waals surface area contributed by atoms with Crippen molar-refractivity contribution in [2.45, 2.75) is 26.3 Å². The van der Waals surface area contributed by atoms with Gasteiger partial charge in [0.25, 0.3) is 0 Å². The van der Waals surface area contributed by atoms with E-state index in [0.29, 0.717) is 30.2 Å². The van der Waals surface area contributed by atoms with Crippen LogP contribution in [0.4, 0.5) is 4.39 Å². The van der Waals surface area contributed by atoms with E-state index in [1.807, 2.05) is 10.6 Å². The van der Waals surface area contributed by atoms with E-state index in [-0.39, 0.29) is 5.82 Å². The minimum absolute atomic E-state index is 0.211. The number of benzene rings is 1. The summed E-state index contributed by atoms with van der Waals surface area (Å²) >= 11 is 5.31. The van der Waals surface area contributed by atoms with Gasteiger partial charge in [-0.3, -0.25) is 0 Å². The molecule has 2 rings (SSSR count). The Morgan fingerprint density at radius 3 is 2.81 bits per heavy atom. The molecule has 116 valence electrons. The molecule has 0 aliphatic carbocycles. The van der Waals surface area contributed by atoms with Crippen LogP contribution in [0.1, 0.15) is 18.4 Å². The predicted molar refractivity (Wildman–Crippen MR) is 83.7 cm³/mol. The van der Waals surface area contributed by atoms with Crippen LogP contribution < -0.4 is 0 Å². The lowest BCUT2D eigenvalue weighted by atomic mass is 10.2. The van der Waals surface area contributed by atoms with Crippen molar-refractivity contribution in [2.75, 3.05) is 26.9 Å². The number of methoxy groups -OCH3 is 1. The molecule has 0 amide bonds. The number of ether oxygens (including phenoxy) is 2. The summed E-state index contributed by atoms with van der Waals surface area (Å²) in [6.45, 7) is 4.53. The number of rotatable bonds is 8. The third-order valence-corrected chi connectivity index (χ3v) is 3.73. The van der Waals surface area contributed by atoms with Crippen LogP contribution in [0, 0.1) is 17.5 Å². The molecule has 0 saturated carbocycles. The second kappa shape index (κ2) is 7.68. The van der Waals surface area contributed by atoms with Gasteiger partial charge in [-0.2, -0.15) is 0 Å². The number of unbranched alkanes of at least 4 members (excludes halogenated alkanes) is 1. The lowest BCUT2D eigenvalue weighted by molar-refractivity contribution is 0.0684. The molecule has 0 bridgehead atoms. The van der Waals surface area contributed by atoms with Gasteiger partial charge in [0.05, 0.1) is 24.2 Å². The molecule has 1 aromatic carbocycles. The van der Waals surface area contributed by atoms with Crippen molar-refractivity contribution in [1.29, 1.82) is 0 Å². The van der Waals surface area contributed by atoms with Crippen molar-refractivity contribution < 1.29 is 13.9 Å². The number of aromatic amines is 1. The molecule has 21 heavy (non-hydrogen) atoms. The second-order valence-electron chi connectivity index (χ2n) is 5.01. The first-order chi connectivity index (χ1) is 10.1. The molecular weight excluding hydrogens is 291 g/mol. The zero-order valence-corrected chi connectivity index (χ0v) is 13.3. The van der Waals surface area contributed by atoms with Gasteiger partial charge in [0, 0.05) is 20.3 Å². The van der Waals surface area contributed by atoms with Crippen molar-refractivity contribution in [1.82, 2.24) is 9.55 Å². The third-order valence-electron chi connectivity index (χ3n) is 3.41. The molecule has 0 fully saturated rings. The van der Waals surface area contributed by atoms with Crippen LogP contribution in [0.25, 0.3) is 11.0 Å². The number of fused-ring (bicyclic) bond motifs is 1. The van der Waals surface area contributed by atoms with Gasteiger partial charge >= 0.3 is 0 Å². The number of halogens is 1. The maximum atomic E-state index is 13.6. The largest absolute Gasteiger partial charge is 0.382 e. The van der Waals surface area contributed by atoms with E-state index in [1.54, 1.807) is 14.0 Å². The first kappa shape index (κ1) is 16.1. The van der Waals surface area contributed by atoms with Crippen molar-refractivity contribution in [3.63, 3.8) is 0 Å². The fraction of sp³-hybridized carbons (Fsp3) is 0.533. The quantitative estimate of drug-likeness (QED) is 0.598. The van der Waals surface area contributed by atoms with Crippen molar-refractivity contribution >= 4 is 23.3 Å². The lowest BCUT2D eigenvalue weighted by Gasteiger charge is -2.06. The number of aryl methyl sites for hydroxylation is 2. The zero-order valence-electron chi connectivity index (χ0n) is 12.4. The fourth-order valence-electron chi connectivity index (χ4n) is 2.22. The topological polar surface area (TPSA) is 39.2 Å². The second-order valence-corrected chi connectivity index (χ2v) is 5.40. The molecule has 0 aliphatic heterocycles. The average molecular weight is 312 g/mol. The summed E-state index contributed by atoms with van der Waals surface area (Å²) in [6, 6.07) is 3.34. The van der Waals surface area contributed by atoms with E-state index in [4.69, 9.17) is 21.7 Å². The summed E-state index contributed by atoms with van der Waals surface area (Å²) in [5.41, 5.74) is 2.34. The fourth-order valence-corrected chi connectivity index (χ4v) is 2.52. The van der Waals surface area contributed by atoms with Crippen LogP contribution in [0.3, 0.4) is 0 Å². The third kappa shape index (κ3) is 4.12. The monoisotopic (exact) mass is 312 g/mol. The number of aromatic nitrogens is 2. The van der Waals surface area contributed by atoms with Crippen molar-refractivity contribution in [2.24, 2.45) is 0 Å². The highest BCUT2D eigenvalue weighted by Gasteiger charge is 2.07. The van der Waals surface area contributed by atoms with Gasteiger partial charge < -0.3 is 19.0 Å². The Morgan fingerprint density at radius 2 is 2.05 bits per heavy atom. The molecule has 1 aromatic heterocycles. The smallest absolute Gasteiger partial charge is 0.178 e. The van der Waals surface area contributed by atoms with E-state index in [0.717, 1.165) is 30.4 Å². The van der Waals surface area contributed by atoms with Crippen LogP contribution in [-0.2, 0) is 16.0 Å². The summed E-state index contributed by atoms with van der Waals surface area (Å²) < 4.78 is 26.6. The van der Waals surface area contributed by atoms with Gasteiger partial charge in [0.15, 0.2) is 4.77 Å². The molecule has 0 spiro atoms. The number of imidazole rings is 1. The lowest BCUT2D eigenvalue weighted by Crippen LogP contribution is -2.04. The van der Waals surface area contributed by atoms with Crippen LogP contribution in [0.5, 0.6) is 0 Å². The molecule has 2 aromatic rings. The maximum Gasteiger partial charge on any atom is 0.178 e. The predicted octanol–water partition coefficient (Wildman–Crippen LogP) is 3.59. The Labute approximate surface area is 128 Å². The van der Waals surface area contributed by atoms with E-state index in [1.165, 1.54) is 6.07 Å². The van der Waals surface area contributed by atoms with E-state index in [9.17, 15) is 4.39 Å². The van der Waals surface area contributed by atoms with Gasteiger partial charge in [-0.05, 0) is 49.7 Å². The normalized spacial score (nSPS) is 11.4. The summed E-state index contributed by atoms with van der Waals surface area (Å²) in [5.74, 6) is -0.211. The van der Waals surface area contributed by atoms with Gasteiger partial charge in [0.2, 0.25) is 0 Å². The number of nitrogens with one attached hydrogen (secondary N) is 1. The Bertz CT molecular complexity index is 651. The Morgan fingerprint density at radius 1 is 1.24 bits per heavy atom. The number of nitrogens with zero attached hydrogens (tertiary/aromatic N) is 1. The Kier molecular flexibility index (Phi) is 5.90. The Balaban J connectivity index is 1.94. The molecule has 0 unspecified atom stereocenters. The molecule has 0 aliphatic rings. The standard InChI is InChI=1S/C15H21FN2O2S/c1-11-9-14-13(10-12(11)16)17-15(21)18(14)5-3-4-6-20-8-7-19-2/h9-10H,3-8H2,1-2H3,(H,17,21). The van der Waals surface area contributed by atoms with Gasteiger partial charge in [-0.25, -0.2) is 4.39 Å². The van der Waals surface area contributed by atoms with Gasteiger partial charge in [-0.15, -0.1) is 0 Å². The first-order valence-corrected chi connectivity index (χ1v) is 7.49. The van der Waals surface area contributed by atoms with Crippen LogP contribution >= 0.6 is 12.2 Å². The van der Waals surface area contributed by atoms with Gasteiger partial charge in [-0.1, -0.05) is 0 Å². The molecule has 1 N–H and O–H groups in total. The summed E-state index contributed by atoms with van der Waals surface area (Å²) in [6.07, 6.45) is 1.92. The van der Waals surface area contributed by atoms with Crippen LogP contribution in [0.2, 0.25) is 0 Å². The minimum atomic E-state index is -0.211. The number of H-pyrrole nitrogens is 1. The highest BCUT2D eigenvalue weighted by atomic mass is 32.1. The van der Waals surface area contributed by atoms with Crippen LogP contribution in [-0.4, -0.2) is 36.5 Å². The first-order valence-electron chi connectivity index (χ1n) is 7.09. The number of hydrogen-bond acceptors (Lipinski definition) is 3.